The second-order valence-electron chi connectivity index (χ2n) is 3.09. The van der Waals surface area contributed by atoms with E-state index in [0.29, 0.717) is 6.42 Å². The van der Waals surface area contributed by atoms with Crippen molar-refractivity contribution in [3.05, 3.63) is 17.0 Å². The highest BCUT2D eigenvalue weighted by molar-refractivity contribution is 8.01. The van der Waals surface area contributed by atoms with Crippen molar-refractivity contribution in [2.45, 2.75) is 22.3 Å². The van der Waals surface area contributed by atoms with E-state index in [4.69, 9.17) is 5.11 Å². The number of aliphatic carboxylic acids is 1. The zero-order chi connectivity index (χ0) is 10.1. The molecular formula is C9H9ClO3S2. The summed E-state index contributed by atoms with van der Waals surface area (Å²) in [5.74, 6) is -0.762. The zero-order valence-corrected chi connectivity index (χ0v) is 10.1. The molecule has 0 saturated heterocycles. The van der Waals surface area contributed by atoms with Crippen molar-refractivity contribution >= 4 is 47.3 Å². The molecule has 0 aliphatic carbocycles. The van der Waals surface area contributed by atoms with Crippen LogP contribution < -0.4 is 0 Å². The Morgan fingerprint density at radius 3 is 3.00 bits per heavy atom. The zero-order valence-electron chi connectivity index (χ0n) is 7.63. The van der Waals surface area contributed by atoms with Gasteiger partial charge in [0.1, 0.15) is 0 Å². The molecule has 2 heterocycles. The van der Waals surface area contributed by atoms with Gasteiger partial charge in [0.15, 0.2) is 5.78 Å². The molecule has 1 aliphatic rings. The lowest BCUT2D eigenvalue weighted by atomic mass is 10.1. The van der Waals surface area contributed by atoms with E-state index in [-0.39, 0.29) is 29.9 Å². The first-order valence-corrected chi connectivity index (χ1v) is 5.92. The van der Waals surface area contributed by atoms with E-state index in [1.807, 2.05) is 11.4 Å². The van der Waals surface area contributed by atoms with Crippen molar-refractivity contribution in [1.29, 1.82) is 0 Å². The van der Waals surface area contributed by atoms with Crippen LogP contribution >= 0.6 is 35.5 Å². The molecular weight excluding hydrogens is 256 g/mol. The third-order valence-corrected chi connectivity index (χ3v) is 4.40. The number of Topliss-reactive ketones (excluding diaryl/α,β-unsaturated/α-hetero) is 1. The number of thioether (sulfide) groups is 1. The van der Waals surface area contributed by atoms with Gasteiger partial charge in [0.25, 0.3) is 0 Å². The van der Waals surface area contributed by atoms with E-state index in [1.165, 1.54) is 23.1 Å². The van der Waals surface area contributed by atoms with Crippen LogP contribution in [0.25, 0.3) is 0 Å². The van der Waals surface area contributed by atoms with Crippen molar-refractivity contribution < 1.29 is 14.7 Å². The number of fused-ring (bicyclic) bond motifs is 1. The van der Waals surface area contributed by atoms with Gasteiger partial charge in [0, 0.05) is 17.2 Å². The molecule has 1 aromatic heterocycles. The van der Waals surface area contributed by atoms with Gasteiger partial charge >= 0.3 is 5.97 Å². The quantitative estimate of drug-likeness (QED) is 0.892. The summed E-state index contributed by atoms with van der Waals surface area (Å²) in [5.41, 5.74) is 0.765. The Balaban J connectivity index is 0.00000112. The van der Waals surface area contributed by atoms with Gasteiger partial charge in [-0.05, 0) is 11.4 Å². The second-order valence-corrected chi connectivity index (χ2v) is 5.57. The Hall–Kier alpha value is -0.520. The van der Waals surface area contributed by atoms with E-state index in [2.05, 4.69) is 0 Å². The third kappa shape index (κ3) is 2.74. The highest BCUT2D eigenvalue weighted by Crippen LogP contribution is 2.40. The minimum Gasteiger partial charge on any atom is -0.481 e. The first-order valence-electron chi connectivity index (χ1n) is 4.16. The monoisotopic (exact) mass is 264 g/mol. The molecule has 1 aromatic rings. The molecule has 1 atom stereocenters. The van der Waals surface area contributed by atoms with Gasteiger partial charge in [-0.1, -0.05) is 0 Å². The maximum absolute atomic E-state index is 11.5. The molecule has 0 radical (unpaired) electrons. The van der Waals surface area contributed by atoms with Crippen molar-refractivity contribution in [2.75, 3.05) is 0 Å². The molecule has 1 N–H and O–H groups in total. The van der Waals surface area contributed by atoms with E-state index in [9.17, 15) is 9.59 Å². The van der Waals surface area contributed by atoms with Crippen LogP contribution in [0.2, 0.25) is 0 Å². The summed E-state index contributed by atoms with van der Waals surface area (Å²) in [7, 11) is 0. The van der Waals surface area contributed by atoms with Crippen molar-refractivity contribution in [3.8, 4) is 0 Å². The maximum Gasteiger partial charge on any atom is 0.304 e. The van der Waals surface area contributed by atoms with Crippen LogP contribution in [-0.2, 0) is 4.79 Å². The minimum atomic E-state index is -0.838. The molecule has 0 fully saturated rings. The molecule has 0 spiro atoms. The van der Waals surface area contributed by atoms with E-state index in [0.717, 1.165) is 9.77 Å². The second kappa shape index (κ2) is 5.01. The molecule has 2 rings (SSSR count). The predicted octanol–water partition coefficient (Wildman–Crippen LogP) is 2.69. The molecule has 0 aromatic carbocycles. The molecule has 1 aliphatic heterocycles. The fourth-order valence-corrected chi connectivity index (χ4v) is 3.92. The van der Waals surface area contributed by atoms with E-state index in [1.54, 1.807) is 0 Å². The summed E-state index contributed by atoms with van der Waals surface area (Å²) < 4.78 is 0.965. The van der Waals surface area contributed by atoms with Gasteiger partial charge in [0.05, 0.1) is 10.6 Å². The summed E-state index contributed by atoms with van der Waals surface area (Å²) in [5, 5.41) is 10.4. The summed E-state index contributed by atoms with van der Waals surface area (Å²) in [6, 6.07) is 1.81. The average molecular weight is 265 g/mol. The molecule has 15 heavy (non-hydrogen) atoms. The Labute approximate surface area is 101 Å². The number of halogens is 1. The lowest BCUT2D eigenvalue weighted by Crippen LogP contribution is -2.18. The van der Waals surface area contributed by atoms with E-state index >= 15 is 0 Å². The molecule has 82 valence electrons. The summed E-state index contributed by atoms with van der Waals surface area (Å²) in [6.45, 7) is 0. The SMILES string of the molecule is Cl.O=C(O)CC1CC(=O)c2ccsc2S1. The largest absolute Gasteiger partial charge is 0.481 e. The van der Waals surface area contributed by atoms with Crippen LogP contribution in [0.15, 0.2) is 15.7 Å². The summed E-state index contributed by atoms with van der Waals surface area (Å²) in [4.78, 5) is 22.0. The Bertz CT molecular complexity index is 388. The van der Waals surface area contributed by atoms with Crippen LogP contribution in [0.5, 0.6) is 0 Å². The average Bonchev–Trinajstić information content (AvgIpc) is 2.50. The smallest absolute Gasteiger partial charge is 0.304 e. The molecule has 1 unspecified atom stereocenters. The summed E-state index contributed by atoms with van der Waals surface area (Å²) in [6.07, 6.45) is 0.411. The summed E-state index contributed by atoms with van der Waals surface area (Å²) >= 11 is 3.02. The first-order chi connectivity index (χ1) is 6.66. The fourth-order valence-electron chi connectivity index (χ4n) is 1.41. The number of ketones is 1. The number of rotatable bonds is 2. The molecule has 0 saturated carbocycles. The van der Waals surface area contributed by atoms with Crippen LogP contribution in [-0.4, -0.2) is 22.1 Å². The lowest BCUT2D eigenvalue weighted by Gasteiger charge is -2.18. The van der Waals surface area contributed by atoms with Crippen LogP contribution in [0, 0.1) is 0 Å². The van der Waals surface area contributed by atoms with Gasteiger partial charge < -0.3 is 5.11 Å². The predicted molar refractivity (Wildman–Crippen MR) is 62.4 cm³/mol. The third-order valence-electron chi connectivity index (χ3n) is 2.02. The first kappa shape index (κ1) is 12.5. The highest BCUT2D eigenvalue weighted by Gasteiger charge is 2.28. The lowest BCUT2D eigenvalue weighted by molar-refractivity contribution is -0.136. The number of carbonyl (C=O) groups is 2. The number of carboxylic acid groups (broad SMARTS) is 1. The number of carboxylic acids is 1. The fraction of sp³-hybridized carbons (Fsp3) is 0.333. The molecule has 6 heteroatoms. The minimum absolute atomic E-state index is 0. The Morgan fingerprint density at radius 1 is 1.60 bits per heavy atom. The number of thiophene rings is 1. The van der Waals surface area contributed by atoms with Gasteiger partial charge in [-0.15, -0.1) is 35.5 Å². The van der Waals surface area contributed by atoms with Gasteiger partial charge in [-0.2, -0.15) is 0 Å². The number of hydrogen-bond acceptors (Lipinski definition) is 4. The van der Waals surface area contributed by atoms with Crippen LogP contribution in [0.1, 0.15) is 23.2 Å². The van der Waals surface area contributed by atoms with Crippen molar-refractivity contribution in [1.82, 2.24) is 0 Å². The Morgan fingerprint density at radius 2 is 2.33 bits per heavy atom. The standard InChI is InChI=1S/C9H8O3S2.ClH/c10-7-3-5(4-8(11)12)14-9-6(7)1-2-13-9;/h1-2,5H,3-4H2,(H,11,12);1H. The Kier molecular flexibility index (Phi) is 4.19. The van der Waals surface area contributed by atoms with Crippen molar-refractivity contribution in [3.63, 3.8) is 0 Å². The number of carbonyl (C=O) groups excluding carboxylic acids is 1. The maximum atomic E-state index is 11.5. The molecule has 3 nitrogen and oxygen atoms in total. The topological polar surface area (TPSA) is 54.4 Å². The van der Waals surface area contributed by atoms with Gasteiger partial charge in [-0.3, -0.25) is 9.59 Å². The highest BCUT2D eigenvalue weighted by atomic mass is 35.5. The van der Waals surface area contributed by atoms with Crippen LogP contribution in [0.4, 0.5) is 0 Å². The molecule has 0 amide bonds. The van der Waals surface area contributed by atoms with Crippen LogP contribution in [0.3, 0.4) is 0 Å². The van der Waals surface area contributed by atoms with Gasteiger partial charge in [-0.25, -0.2) is 0 Å². The number of hydrogen-bond donors (Lipinski definition) is 1. The van der Waals surface area contributed by atoms with Crippen molar-refractivity contribution in [2.24, 2.45) is 0 Å². The normalized spacial score (nSPS) is 19.2. The molecule has 0 bridgehead atoms. The van der Waals surface area contributed by atoms with E-state index < -0.39 is 5.97 Å². The van der Waals surface area contributed by atoms with Gasteiger partial charge in [0.2, 0.25) is 0 Å².